The van der Waals surface area contributed by atoms with Crippen molar-refractivity contribution in [3.8, 4) is 17.2 Å². The van der Waals surface area contributed by atoms with Crippen molar-refractivity contribution in [3.05, 3.63) is 18.2 Å². The summed E-state index contributed by atoms with van der Waals surface area (Å²) in [5.74, 6) is -1.96. The van der Waals surface area contributed by atoms with Crippen molar-refractivity contribution in [3.63, 3.8) is 0 Å². The molecule has 0 unspecified atom stereocenters. The number of esters is 1. The highest BCUT2D eigenvalue weighted by Crippen LogP contribution is 2.68. The molecule has 11 atom stereocenters. The predicted octanol–water partition coefficient (Wildman–Crippen LogP) is 1.49. The fraction of sp³-hybridized carbons (Fsp3) is 0.704. The zero-order chi connectivity index (χ0) is 27.0. The molecule has 10 nitrogen and oxygen atoms in total. The van der Waals surface area contributed by atoms with Crippen LogP contribution in [0.15, 0.2) is 18.2 Å². The number of hydrogen-bond acceptors (Lipinski definition) is 10. The SMILES string of the molecule is C[C@H]1[C@H]2[C@H]3CC(C)(C)CC[C@@]1(C)[C@H]3C(=O)[C@@H]2OC(=O)[C@H]1O[C@@H](Oc2cc(O)cc(O)c2)[C@H](O)[C@@H](O)[C@@H]1O. The van der Waals surface area contributed by atoms with Crippen LogP contribution in [0.4, 0.5) is 0 Å². The molecule has 204 valence electrons. The van der Waals surface area contributed by atoms with Crippen LogP contribution in [-0.2, 0) is 19.1 Å². The molecule has 1 aromatic carbocycles. The Morgan fingerprint density at radius 1 is 1.00 bits per heavy atom. The summed E-state index contributed by atoms with van der Waals surface area (Å²) in [5, 5.41) is 50.6. The molecule has 10 heteroatoms. The smallest absolute Gasteiger partial charge is 0.338 e. The molecule has 1 saturated heterocycles. The van der Waals surface area contributed by atoms with Crippen LogP contribution in [0.2, 0.25) is 0 Å². The van der Waals surface area contributed by atoms with Crippen LogP contribution >= 0.6 is 0 Å². The van der Waals surface area contributed by atoms with E-state index in [-0.39, 0.29) is 57.5 Å². The van der Waals surface area contributed by atoms with Crippen molar-refractivity contribution in [2.24, 2.45) is 34.5 Å². The van der Waals surface area contributed by atoms with Crippen LogP contribution in [-0.4, -0.2) is 74.1 Å². The van der Waals surface area contributed by atoms with Gasteiger partial charge in [-0.1, -0.05) is 27.7 Å². The van der Waals surface area contributed by atoms with E-state index in [1.165, 1.54) is 0 Å². The molecule has 0 spiro atoms. The van der Waals surface area contributed by atoms with E-state index in [9.17, 15) is 35.1 Å². The number of phenolic OH excluding ortho intramolecular Hbond substituents is 2. The molecule has 1 heterocycles. The highest BCUT2D eigenvalue weighted by Gasteiger charge is 2.70. The number of aliphatic hydroxyl groups excluding tert-OH is 3. The van der Waals surface area contributed by atoms with Crippen LogP contribution in [0.3, 0.4) is 0 Å². The molecule has 0 amide bonds. The van der Waals surface area contributed by atoms with Crippen LogP contribution in [0, 0.1) is 34.5 Å². The number of ether oxygens (including phenoxy) is 3. The lowest BCUT2D eigenvalue weighted by Gasteiger charge is -2.43. The lowest BCUT2D eigenvalue weighted by molar-refractivity contribution is -0.274. The van der Waals surface area contributed by atoms with Crippen LogP contribution < -0.4 is 4.74 Å². The average molecular weight is 521 g/mol. The molecule has 0 radical (unpaired) electrons. The summed E-state index contributed by atoms with van der Waals surface area (Å²) in [6.45, 7) is 8.69. The van der Waals surface area contributed by atoms with Crippen LogP contribution in [0.1, 0.15) is 47.0 Å². The number of rotatable bonds is 4. The number of aliphatic hydroxyl groups is 3. The first-order valence-electron chi connectivity index (χ1n) is 12.9. The summed E-state index contributed by atoms with van der Waals surface area (Å²) in [4.78, 5) is 26.8. The molecule has 4 fully saturated rings. The second kappa shape index (κ2) is 8.83. The van der Waals surface area contributed by atoms with Gasteiger partial charge in [-0.25, -0.2) is 4.79 Å². The number of carbonyl (C=O) groups is 2. The average Bonchev–Trinajstić information content (AvgIpc) is 3.12. The molecule has 5 N–H and O–H groups in total. The van der Waals surface area contributed by atoms with Gasteiger partial charge in [0.15, 0.2) is 18.0 Å². The fourth-order valence-corrected chi connectivity index (χ4v) is 7.42. The first-order valence-corrected chi connectivity index (χ1v) is 12.9. The summed E-state index contributed by atoms with van der Waals surface area (Å²) in [5.41, 5.74) is -0.0813. The lowest BCUT2D eigenvalue weighted by atomic mass is 9.63. The normalized spacial score (nSPS) is 44.4. The number of carbonyl (C=O) groups excluding carboxylic acids is 2. The Hall–Kier alpha value is -2.40. The molecule has 3 saturated carbocycles. The molecule has 0 aromatic heterocycles. The van der Waals surface area contributed by atoms with E-state index in [1.807, 2.05) is 0 Å². The second-order valence-corrected chi connectivity index (χ2v) is 12.3. The van der Waals surface area contributed by atoms with E-state index >= 15 is 0 Å². The van der Waals surface area contributed by atoms with Crippen molar-refractivity contribution in [1.29, 1.82) is 0 Å². The van der Waals surface area contributed by atoms with Crippen LogP contribution in [0.25, 0.3) is 0 Å². The largest absolute Gasteiger partial charge is 0.508 e. The highest BCUT2D eigenvalue weighted by atomic mass is 16.7. The quantitative estimate of drug-likeness (QED) is 0.368. The van der Waals surface area contributed by atoms with Gasteiger partial charge in [0.25, 0.3) is 0 Å². The Bertz CT molecular complexity index is 1070. The lowest BCUT2D eigenvalue weighted by Crippen LogP contribution is -2.62. The first-order chi connectivity index (χ1) is 17.2. The van der Waals surface area contributed by atoms with E-state index in [0.717, 1.165) is 37.5 Å². The maximum absolute atomic E-state index is 13.5. The van der Waals surface area contributed by atoms with Gasteiger partial charge >= 0.3 is 5.97 Å². The van der Waals surface area contributed by atoms with E-state index in [2.05, 4.69) is 27.7 Å². The van der Waals surface area contributed by atoms with Gasteiger partial charge in [0.05, 0.1) is 0 Å². The summed E-state index contributed by atoms with van der Waals surface area (Å²) in [7, 11) is 0. The van der Waals surface area contributed by atoms with Crippen LogP contribution in [0.5, 0.6) is 17.2 Å². The zero-order valence-corrected chi connectivity index (χ0v) is 21.4. The van der Waals surface area contributed by atoms with E-state index in [1.54, 1.807) is 0 Å². The molecule has 3 aliphatic carbocycles. The Labute approximate surface area is 215 Å². The van der Waals surface area contributed by atoms with Crippen molar-refractivity contribution in [2.45, 2.75) is 83.8 Å². The minimum absolute atomic E-state index is 0.0754. The third-order valence-corrected chi connectivity index (χ3v) is 9.49. The molecule has 37 heavy (non-hydrogen) atoms. The molecule has 4 bridgehead atoms. The van der Waals surface area contributed by atoms with E-state index in [4.69, 9.17) is 14.2 Å². The molecule has 4 aliphatic rings. The maximum Gasteiger partial charge on any atom is 0.338 e. The summed E-state index contributed by atoms with van der Waals surface area (Å²) in [6, 6.07) is 3.34. The number of phenols is 2. The van der Waals surface area contributed by atoms with Crippen molar-refractivity contribution < 1.29 is 49.3 Å². The maximum atomic E-state index is 13.5. The number of benzene rings is 1. The molecule has 1 aliphatic heterocycles. The summed E-state index contributed by atoms with van der Waals surface area (Å²) >= 11 is 0. The monoisotopic (exact) mass is 520 g/mol. The highest BCUT2D eigenvalue weighted by molar-refractivity contribution is 5.93. The predicted molar refractivity (Wildman–Crippen MR) is 127 cm³/mol. The third-order valence-electron chi connectivity index (χ3n) is 9.49. The van der Waals surface area contributed by atoms with Gasteiger partial charge < -0.3 is 39.7 Å². The summed E-state index contributed by atoms with van der Waals surface area (Å²) in [6.07, 6.45) is -6.90. The second-order valence-electron chi connectivity index (χ2n) is 12.3. The van der Waals surface area contributed by atoms with Gasteiger partial charge in [0, 0.05) is 30.0 Å². The van der Waals surface area contributed by atoms with Gasteiger partial charge in [0.1, 0.15) is 35.6 Å². The number of ketones is 1. The van der Waals surface area contributed by atoms with E-state index in [0.29, 0.717) is 0 Å². The third kappa shape index (κ3) is 4.18. The first kappa shape index (κ1) is 26.2. The number of aromatic hydroxyl groups is 2. The standard InChI is InChI=1S/C27H36O10/c1-11-16-15-10-26(2,3)5-6-27(11,4)17(15)18(30)22(16)36-24(34)23-20(32)19(31)21(33)25(37-23)35-14-8-12(28)7-13(29)9-14/h7-9,11,15-17,19-23,25,28-29,31-33H,5-6,10H2,1-4H3/t11-,15+,16-,17+,19-,20-,21+,22+,23-,25+,27+/m0/s1. The van der Waals surface area contributed by atoms with Crippen molar-refractivity contribution in [2.75, 3.05) is 0 Å². The van der Waals surface area contributed by atoms with Crippen molar-refractivity contribution >= 4 is 11.8 Å². The molecule has 1 aromatic rings. The van der Waals surface area contributed by atoms with Gasteiger partial charge in [-0.3, -0.25) is 4.79 Å². The Kier molecular flexibility index (Phi) is 6.26. The summed E-state index contributed by atoms with van der Waals surface area (Å²) < 4.78 is 16.7. The Morgan fingerprint density at radius 3 is 2.30 bits per heavy atom. The minimum Gasteiger partial charge on any atom is -0.508 e. The molecule has 5 rings (SSSR count). The van der Waals surface area contributed by atoms with Gasteiger partial charge in [0.2, 0.25) is 6.29 Å². The number of Topliss-reactive ketones (excluding diaryl/α,β-unsaturated/α-hetero) is 1. The fourth-order valence-electron chi connectivity index (χ4n) is 7.42. The Morgan fingerprint density at radius 2 is 1.65 bits per heavy atom. The topological polar surface area (TPSA) is 163 Å². The van der Waals surface area contributed by atoms with Crippen molar-refractivity contribution in [1.82, 2.24) is 0 Å². The van der Waals surface area contributed by atoms with Gasteiger partial charge in [-0.15, -0.1) is 0 Å². The van der Waals surface area contributed by atoms with Gasteiger partial charge in [-0.2, -0.15) is 0 Å². The van der Waals surface area contributed by atoms with Gasteiger partial charge in [-0.05, 0) is 41.9 Å². The zero-order valence-electron chi connectivity index (χ0n) is 21.4. The Balaban J connectivity index is 1.34. The molecular weight excluding hydrogens is 484 g/mol. The number of hydrogen-bond donors (Lipinski definition) is 5. The van der Waals surface area contributed by atoms with E-state index < -0.39 is 42.8 Å². The minimum atomic E-state index is -1.83. The molecular formula is C27H36O10.